The van der Waals surface area contributed by atoms with Gasteiger partial charge in [0.25, 0.3) is 0 Å². The van der Waals surface area contributed by atoms with Gasteiger partial charge in [-0.15, -0.1) is 0 Å². The van der Waals surface area contributed by atoms with E-state index in [9.17, 15) is 14.7 Å². The number of Topliss-reactive ketones (excluding diaryl/α,β-unsaturated/α-hetero) is 1. The second-order valence-corrected chi connectivity index (χ2v) is 7.70. The van der Waals surface area contributed by atoms with E-state index >= 15 is 0 Å². The Morgan fingerprint density at radius 3 is 2.48 bits per heavy atom. The molecule has 0 heterocycles. The Balaban J connectivity index is 2.45. The van der Waals surface area contributed by atoms with Gasteiger partial charge in [-0.2, -0.15) is 0 Å². The highest BCUT2D eigenvalue weighted by Crippen LogP contribution is 2.55. The second-order valence-electron chi connectivity index (χ2n) is 7.70. The summed E-state index contributed by atoms with van der Waals surface area (Å²) in [5.74, 6) is 0.120. The molecule has 21 heavy (non-hydrogen) atoms. The van der Waals surface area contributed by atoms with Gasteiger partial charge in [0.05, 0.1) is 5.60 Å². The van der Waals surface area contributed by atoms with E-state index in [2.05, 4.69) is 13.8 Å². The third-order valence-corrected chi connectivity index (χ3v) is 5.76. The zero-order valence-electron chi connectivity index (χ0n) is 13.8. The Hall–Kier alpha value is -0.900. The molecule has 0 radical (unpaired) electrons. The fourth-order valence-electron chi connectivity index (χ4n) is 4.62. The predicted octanol–water partition coefficient (Wildman–Crippen LogP) is 2.72. The minimum Gasteiger partial charge on any atom is -0.462 e. The van der Waals surface area contributed by atoms with Crippen LogP contribution in [0.25, 0.3) is 0 Å². The van der Waals surface area contributed by atoms with Crippen LogP contribution < -0.4 is 0 Å². The second kappa shape index (κ2) is 5.38. The van der Waals surface area contributed by atoms with Gasteiger partial charge >= 0.3 is 5.97 Å². The fourth-order valence-corrected chi connectivity index (χ4v) is 4.62. The first-order chi connectivity index (χ1) is 9.59. The topological polar surface area (TPSA) is 63.6 Å². The first-order valence-corrected chi connectivity index (χ1v) is 8.02. The molecule has 2 aliphatic carbocycles. The molecular weight excluding hydrogens is 268 g/mol. The molecule has 0 aromatic rings. The molecule has 0 saturated heterocycles. The number of aliphatic hydroxyl groups is 1. The van der Waals surface area contributed by atoms with Crippen molar-refractivity contribution in [2.75, 3.05) is 0 Å². The molecule has 0 spiro atoms. The van der Waals surface area contributed by atoms with Crippen molar-refractivity contribution in [3.8, 4) is 0 Å². The van der Waals surface area contributed by atoms with Crippen molar-refractivity contribution < 1.29 is 19.4 Å². The van der Waals surface area contributed by atoms with E-state index in [0.29, 0.717) is 18.8 Å². The smallest absolute Gasteiger partial charge is 0.302 e. The summed E-state index contributed by atoms with van der Waals surface area (Å²) in [5.41, 5.74) is -1.54. The van der Waals surface area contributed by atoms with Crippen LogP contribution in [0.4, 0.5) is 0 Å². The van der Waals surface area contributed by atoms with Crippen molar-refractivity contribution in [1.29, 1.82) is 0 Å². The monoisotopic (exact) mass is 296 g/mol. The number of rotatable bonds is 2. The van der Waals surface area contributed by atoms with Gasteiger partial charge in [-0.05, 0) is 38.0 Å². The van der Waals surface area contributed by atoms with Crippen molar-refractivity contribution in [2.24, 2.45) is 23.2 Å². The number of carbonyl (C=O) groups excluding carboxylic acids is 2. The molecule has 4 nitrogen and oxygen atoms in total. The Kier molecular flexibility index (Phi) is 4.22. The van der Waals surface area contributed by atoms with E-state index in [1.165, 1.54) is 6.92 Å². The third kappa shape index (κ3) is 2.75. The average Bonchev–Trinajstić information content (AvgIpc) is 2.33. The van der Waals surface area contributed by atoms with Gasteiger partial charge in [-0.25, -0.2) is 0 Å². The SMILES string of the molecule is CC(=O)O[C@H]1C2[C@@](C)(O)CCC(=O)[C@]2(C)CC[C@H]1C(C)C. The van der Waals surface area contributed by atoms with Gasteiger partial charge in [0.15, 0.2) is 0 Å². The number of hydrogen-bond acceptors (Lipinski definition) is 4. The normalized spacial score (nSPS) is 43.6. The maximum Gasteiger partial charge on any atom is 0.302 e. The lowest BCUT2D eigenvalue weighted by atomic mass is 9.51. The number of ketones is 1. The molecule has 2 rings (SSSR count). The lowest BCUT2D eigenvalue weighted by Crippen LogP contribution is -2.62. The molecule has 0 aromatic carbocycles. The van der Waals surface area contributed by atoms with Crippen molar-refractivity contribution >= 4 is 11.8 Å². The highest BCUT2D eigenvalue weighted by molar-refractivity contribution is 5.86. The maximum absolute atomic E-state index is 12.5. The van der Waals surface area contributed by atoms with Crippen molar-refractivity contribution in [2.45, 2.75) is 72.0 Å². The number of hydrogen-bond donors (Lipinski definition) is 1. The van der Waals surface area contributed by atoms with Gasteiger partial charge in [-0.1, -0.05) is 20.8 Å². The molecule has 4 heteroatoms. The van der Waals surface area contributed by atoms with Gasteiger partial charge in [0, 0.05) is 24.7 Å². The number of esters is 1. The summed E-state index contributed by atoms with van der Waals surface area (Å²) >= 11 is 0. The Morgan fingerprint density at radius 2 is 1.95 bits per heavy atom. The summed E-state index contributed by atoms with van der Waals surface area (Å²) in [6.45, 7) is 9.37. The van der Waals surface area contributed by atoms with Crippen LogP contribution in [0.2, 0.25) is 0 Å². The molecule has 1 N–H and O–H groups in total. The van der Waals surface area contributed by atoms with Crippen molar-refractivity contribution in [3.05, 3.63) is 0 Å². The van der Waals surface area contributed by atoms with Gasteiger partial charge in [0.1, 0.15) is 11.9 Å². The summed E-state index contributed by atoms with van der Waals surface area (Å²) in [6.07, 6.45) is 2.13. The number of fused-ring (bicyclic) bond motifs is 1. The van der Waals surface area contributed by atoms with Crippen molar-refractivity contribution in [3.63, 3.8) is 0 Å². The van der Waals surface area contributed by atoms with Crippen LogP contribution >= 0.6 is 0 Å². The molecule has 2 aliphatic rings. The Labute approximate surface area is 127 Å². The van der Waals surface area contributed by atoms with Crippen LogP contribution in [0, 0.1) is 23.2 Å². The summed E-state index contributed by atoms with van der Waals surface area (Å²) < 4.78 is 5.63. The quantitative estimate of drug-likeness (QED) is 0.796. The predicted molar refractivity (Wildman–Crippen MR) is 79.6 cm³/mol. The molecule has 1 unspecified atom stereocenters. The minimum absolute atomic E-state index is 0.198. The van der Waals surface area contributed by atoms with E-state index in [-0.39, 0.29) is 29.7 Å². The van der Waals surface area contributed by atoms with Gasteiger partial charge in [-0.3, -0.25) is 9.59 Å². The van der Waals surface area contributed by atoms with E-state index in [0.717, 1.165) is 12.8 Å². The highest BCUT2D eigenvalue weighted by Gasteiger charge is 2.60. The summed E-state index contributed by atoms with van der Waals surface area (Å²) in [6, 6.07) is 0. The van der Waals surface area contributed by atoms with Crippen molar-refractivity contribution in [1.82, 2.24) is 0 Å². The number of ether oxygens (including phenoxy) is 1. The van der Waals surface area contributed by atoms with Gasteiger partial charge < -0.3 is 9.84 Å². The lowest BCUT2D eigenvalue weighted by Gasteiger charge is -2.56. The average molecular weight is 296 g/mol. The highest BCUT2D eigenvalue weighted by atomic mass is 16.5. The van der Waals surface area contributed by atoms with Crippen LogP contribution in [0.3, 0.4) is 0 Å². The first kappa shape index (κ1) is 16.5. The molecule has 0 aliphatic heterocycles. The summed E-state index contributed by atoms with van der Waals surface area (Å²) in [4.78, 5) is 24.1. The lowest BCUT2D eigenvalue weighted by molar-refractivity contribution is -0.203. The zero-order valence-corrected chi connectivity index (χ0v) is 13.8. The molecule has 2 saturated carbocycles. The zero-order chi connectivity index (χ0) is 16.0. The van der Waals surface area contributed by atoms with E-state index in [1.54, 1.807) is 6.92 Å². The molecule has 5 atom stereocenters. The third-order valence-electron chi connectivity index (χ3n) is 5.76. The fraction of sp³-hybridized carbons (Fsp3) is 0.882. The van der Waals surface area contributed by atoms with Crippen LogP contribution in [-0.4, -0.2) is 28.6 Å². The molecule has 0 bridgehead atoms. The molecule has 120 valence electrons. The van der Waals surface area contributed by atoms with E-state index < -0.39 is 11.0 Å². The number of carbonyl (C=O) groups is 2. The van der Waals surface area contributed by atoms with Crippen LogP contribution in [0.1, 0.15) is 60.3 Å². The van der Waals surface area contributed by atoms with Crippen LogP contribution in [0.5, 0.6) is 0 Å². The standard InChI is InChI=1S/C17H28O4/c1-10(2)12-6-8-16(4)13(19)7-9-17(5,20)15(16)14(12)21-11(3)18/h10,12,14-15,20H,6-9H2,1-5H3/t12-,14+,15?,16-,17-/m0/s1. The molecular formula is C17H28O4. The van der Waals surface area contributed by atoms with Crippen LogP contribution in [0.15, 0.2) is 0 Å². The molecule has 0 amide bonds. The van der Waals surface area contributed by atoms with Gasteiger partial charge in [0.2, 0.25) is 0 Å². The first-order valence-electron chi connectivity index (χ1n) is 8.02. The summed E-state index contributed by atoms with van der Waals surface area (Å²) in [7, 11) is 0. The Bertz CT molecular complexity index is 440. The van der Waals surface area contributed by atoms with Crippen LogP contribution in [-0.2, 0) is 14.3 Å². The Morgan fingerprint density at radius 1 is 1.33 bits per heavy atom. The van der Waals surface area contributed by atoms with E-state index in [1.807, 2.05) is 6.92 Å². The maximum atomic E-state index is 12.5. The minimum atomic E-state index is -0.962. The largest absolute Gasteiger partial charge is 0.462 e. The molecule has 2 fully saturated rings. The molecule has 0 aromatic heterocycles. The van der Waals surface area contributed by atoms with E-state index in [4.69, 9.17) is 4.74 Å². The summed E-state index contributed by atoms with van der Waals surface area (Å²) in [5, 5.41) is 10.9.